The number of piperidine rings is 2. The van der Waals surface area contributed by atoms with Crippen LogP contribution < -0.4 is 4.90 Å². The Hall–Kier alpha value is -2.22. The van der Waals surface area contributed by atoms with Crippen molar-refractivity contribution >= 4 is 22.9 Å². The van der Waals surface area contributed by atoms with Crippen molar-refractivity contribution in [3.05, 3.63) is 12.7 Å². The summed E-state index contributed by atoms with van der Waals surface area (Å²) in [7, 11) is 5.79. The van der Waals surface area contributed by atoms with E-state index in [-0.39, 0.29) is 12.5 Å². The van der Waals surface area contributed by atoms with Crippen molar-refractivity contribution in [2.75, 3.05) is 45.7 Å². The lowest BCUT2D eigenvalue weighted by molar-refractivity contribution is -0.131. The van der Waals surface area contributed by atoms with Gasteiger partial charge in [-0.05, 0) is 44.7 Å². The summed E-state index contributed by atoms with van der Waals surface area (Å²) < 4.78 is 1.83. The second-order valence-electron chi connectivity index (χ2n) is 8.41. The van der Waals surface area contributed by atoms with Gasteiger partial charge in [0.1, 0.15) is 12.9 Å². The Morgan fingerprint density at radius 3 is 2.75 bits per heavy atom. The molecular weight excluding hydrogens is 354 g/mol. The first-order chi connectivity index (χ1) is 13.5. The topological polar surface area (TPSA) is 70.4 Å². The number of rotatable bonds is 5. The second-order valence-corrected chi connectivity index (χ2v) is 8.41. The van der Waals surface area contributed by atoms with Gasteiger partial charge in [-0.25, -0.2) is 15.0 Å². The summed E-state index contributed by atoms with van der Waals surface area (Å²) >= 11 is 0. The normalized spacial score (nSPS) is 22.8. The molecule has 2 saturated heterocycles. The molecule has 0 aromatic carbocycles. The molecule has 2 aliphatic rings. The molecule has 152 valence electrons. The molecule has 0 bridgehead atoms. The van der Waals surface area contributed by atoms with E-state index >= 15 is 0 Å². The molecule has 0 radical (unpaired) electrons. The molecule has 8 heteroatoms. The molecule has 2 fully saturated rings. The first-order valence-corrected chi connectivity index (χ1v) is 10.4. The molecule has 8 nitrogen and oxygen atoms in total. The molecule has 2 aromatic heterocycles. The first kappa shape index (κ1) is 19.1. The Bertz CT molecular complexity index is 831. The highest BCUT2D eigenvalue weighted by molar-refractivity contribution is 5.84. The Kier molecular flexibility index (Phi) is 5.48. The summed E-state index contributed by atoms with van der Waals surface area (Å²) in [6.45, 7) is 3.56. The number of hydrogen-bond acceptors (Lipinski definition) is 6. The van der Waals surface area contributed by atoms with Gasteiger partial charge in [0.15, 0.2) is 17.0 Å². The van der Waals surface area contributed by atoms with Gasteiger partial charge in [0.05, 0.1) is 6.33 Å². The van der Waals surface area contributed by atoms with Gasteiger partial charge in [0, 0.05) is 33.7 Å². The third kappa shape index (κ3) is 3.70. The number of carbonyl (C=O) groups is 1. The van der Waals surface area contributed by atoms with E-state index in [0.717, 1.165) is 17.9 Å². The van der Waals surface area contributed by atoms with Crippen molar-refractivity contribution in [1.29, 1.82) is 0 Å². The van der Waals surface area contributed by atoms with E-state index in [4.69, 9.17) is 0 Å². The third-order valence-electron chi connectivity index (χ3n) is 6.27. The summed E-state index contributed by atoms with van der Waals surface area (Å²) in [4.78, 5) is 32.5. The van der Waals surface area contributed by atoms with Gasteiger partial charge in [-0.15, -0.1) is 0 Å². The summed E-state index contributed by atoms with van der Waals surface area (Å²) in [6, 6.07) is 0.655. The lowest BCUT2D eigenvalue weighted by Crippen LogP contribution is -2.51. The van der Waals surface area contributed by atoms with Crippen LogP contribution in [0.25, 0.3) is 11.2 Å². The van der Waals surface area contributed by atoms with Gasteiger partial charge >= 0.3 is 0 Å². The predicted molar refractivity (Wildman–Crippen MR) is 109 cm³/mol. The number of amides is 1. The Labute approximate surface area is 166 Å². The van der Waals surface area contributed by atoms with Crippen LogP contribution in [0.3, 0.4) is 0 Å². The van der Waals surface area contributed by atoms with Crippen LogP contribution in [0.2, 0.25) is 0 Å². The average molecular weight is 386 g/mol. The zero-order valence-electron chi connectivity index (χ0n) is 17.2. The Morgan fingerprint density at radius 1 is 1.11 bits per heavy atom. The highest BCUT2D eigenvalue weighted by Gasteiger charge is 2.34. The van der Waals surface area contributed by atoms with Crippen LogP contribution in [0.5, 0.6) is 0 Å². The molecule has 2 atom stereocenters. The van der Waals surface area contributed by atoms with Crippen LogP contribution in [0, 0.1) is 5.92 Å². The van der Waals surface area contributed by atoms with E-state index in [2.05, 4.69) is 19.9 Å². The van der Waals surface area contributed by atoms with E-state index in [9.17, 15) is 4.79 Å². The van der Waals surface area contributed by atoms with Crippen molar-refractivity contribution < 1.29 is 4.79 Å². The smallest absolute Gasteiger partial charge is 0.242 e. The van der Waals surface area contributed by atoms with Crippen molar-refractivity contribution in [3.8, 4) is 0 Å². The van der Waals surface area contributed by atoms with Gasteiger partial charge in [-0.3, -0.25) is 4.79 Å². The van der Waals surface area contributed by atoms with E-state index in [1.54, 1.807) is 6.33 Å². The van der Waals surface area contributed by atoms with Gasteiger partial charge in [0.25, 0.3) is 0 Å². The maximum absolute atomic E-state index is 12.9. The van der Waals surface area contributed by atoms with Gasteiger partial charge < -0.3 is 19.3 Å². The van der Waals surface area contributed by atoms with Crippen LogP contribution in [0.4, 0.5) is 5.82 Å². The van der Waals surface area contributed by atoms with Crippen LogP contribution in [0.1, 0.15) is 32.1 Å². The molecular formula is C20H31N7O. The van der Waals surface area contributed by atoms with Gasteiger partial charge in [-0.1, -0.05) is 6.42 Å². The minimum Gasteiger partial charge on any atom is -0.361 e. The van der Waals surface area contributed by atoms with E-state index in [1.807, 2.05) is 35.5 Å². The number of aromatic nitrogens is 4. The molecule has 2 aromatic rings. The Morgan fingerprint density at radius 2 is 1.93 bits per heavy atom. The molecule has 0 N–H and O–H groups in total. The molecule has 28 heavy (non-hydrogen) atoms. The van der Waals surface area contributed by atoms with Crippen LogP contribution in [-0.2, 0) is 11.3 Å². The average Bonchev–Trinajstić information content (AvgIpc) is 3.11. The minimum absolute atomic E-state index is 0.109. The molecule has 1 amide bonds. The number of likely N-dealkylation sites (N-methyl/N-ethyl adjacent to an activating group) is 1. The fourth-order valence-corrected chi connectivity index (χ4v) is 4.82. The minimum atomic E-state index is 0.109. The monoisotopic (exact) mass is 385 g/mol. The summed E-state index contributed by atoms with van der Waals surface area (Å²) in [6.07, 6.45) is 9.63. The molecule has 0 saturated carbocycles. The number of fused-ring (bicyclic) bond motifs is 2. The number of carbonyl (C=O) groups excluding carboxylic acids is 1. The van der Waals surface area contributed by atoms with Gasteiger partial charge in [-0.2, -0.15) is 0 Å². The number of nitrogens with zero attached hydrogens (tertiary/aromatic N) is 7. The zero-order chi connectivity index (χ0) is 19.7. The SMILES string of the molecule is CN(CC1CCCN2CCCCC12)C(=O)Cn1cnc2c(N(C)C)ncnc21. The lowest BCUT2D eigenvalue weighted by atomic mass is 9.83. The van der Waals surface area contributed by atoms with E-state index in [0.29, 0.717) is 17.6 Å². The predicted octanol–water partition coefficient (Wildman–Crippen LogP) is 1.62. The van der Waals surface area contributed by atoms with Crippen LogP contribution in [-0.4, -0.2) is 82.0 Å². The molecule has 4 rings (SSSR count). The highest BCUT2D eigenvalue weighted by Crippen LogP contribution is 2.31. The third-order valence-corrected chi connectivity index (χ3v) is 6.27. The molecule has 2 aliphatic heterocycles. The summed E-state index contributed by atoms with van der Waals surface area (Å²) in [5, 5.41) is 0. The molecule has 2 unspecified atom stereocenters. The first-order valence-electron chi connectivity index (χ1n) is 10.4. The molecule has 4 heterocycles. The molecule has 0 aliphatic carbocycles. The van der Waals surface area contributed by atoms with E-state index < -0.39 is 0 Å². The number of anilines is 1. The van der Waals surface area contributed by atoms with Crippen molar-refractivity contribution in [2.45, 2.75) is 44.7 Å². The van der Waals surface area contributed by atoms with Crippen LogP contribution >= 0.6 is 0 Å². The maximum Gasteiger partial charge on any atom is 0.242 e. The lowest BCUT2D eigenvalue weighted by Gasteiger charge is -2.45. The summed E-state index contributed by atoms with van der Waals surface area (Å²) in [5.41, 5.74) is 1.43. The number of hydrogen-bond donors (Lipinski definition) is 0. The second kappa shape index (κ2) is 8.03. The maximum atomic E-state index is 12.9. The van der Waals surface area contributed by atoms with Crippen molar-refractivity contribution in [3.63, 3.8) is 0 Å². The highest BCUT2D eigenvalue weighted by atomic mass is 16.2. The van der Waals surface area contributed by atoms with Crippen molar-refractivity contribution in [2.24, 2.45) is 5.92 Å². The fourth-order valence-electron chi connectivity index (χ4n) is 4.82. The fraction of sp³-hybridized carbons (Fsp3) is 0.700. The largest absolute Gasteiger partial charge is 0.361 e. The quantitative estimate of drug-likeness (QED) is 0.779. The standard InChI is InChI=1S/C20H31N7O/c1-24(2)19-18-20(22-13-21-19)27(14-23-18)12-17(28)25(3)11-15-7-6-10-26-9-5-4-8-16(15)26/h13-16H,4-12H2,1-3H3. The van der Waals surface area contributed by atoms with Gasteiger partial charge in [0.2, 0.25) is 5.91 Å². The number of imidazole rings is 1. The zero-order valence-corrected chi connectivity index (χ0v) is 17.2. The van der Waals surface area contributed by atoms with E-state index in [1.165, 1.54) is 51.5 Å². The van der Waals surface area contributed by atoms with Crippen LogP contribution in [0.15, 0.2) is 12.7 Å². The summed E-state index contributed by atoms with van der Waals surface area (Å²) in [5.74, 6) is 1.46. The molecule has 0 spiro atoms. The Balaban J connectivity index is 1.43. The van der Waals surface area contributed by atoms with Crippen molar-refractivity contribution in [1.82, 2.24) is 29.3 Å².